The fraction of sp³-hybridized carbons (Fsp3) is 0.800. The summed E-state index contributed by atoms with van der Waals surface area (Å²) in [4.78, 5) is 46.7. The second-order valence-electron chi connectivity index (χ2n) is 13.2. The first-order valence-corrected chi connectivity index (χ1v) is 19.4. The Bertz CT molecular complexity index is 795. The average molecular weight is 679 g/mol. The molecule has 0 fully saturated rings. The molecule has 278 valence electrons. The van der Waals surface area contributed by atoms with Crippen LogP contribution >= 0.6 is 0 Å². The number of carbonyl (C=O) groups excluding carboxylic acids is 2. The standard InChI is InChI=1S/C40H70O8/c1-3-5-7-21-27-35(29-23-17-13-9-11-15-19-25-31-37(41)42)47-39(45)33-34-40(46)48-36(28-22-8-6-4-2)30-24-18-14-10-12-16-20-26-32-38(43)44/h17-18,23-24,35-36H,3-16,19-22,25-34H2,1-2H3,(H,41,42)(H,43,44)/b23-17-,24-18-/t35-,36?/m1/s1. The number of unbranched alkanes of at least 4 members (excludes halogenated alkanes) is 16. The SMILES string of the molecule is CCCCCCC(C/C=C\CCCCCCCC(=O)O)OC(=O)CCC(=O)O[C@@H](C/C=C\CCCCCCCC(=O)O)CCCCCC. The van der Waals surface area contributed by atoms with Gasteiger partial charge in [-0.2, -0.15) is 0 Å². The van der Waals surface area contributed by atoms with Gasteiger partial charge in [0.25, 0.3) is 0 Å². The molecule has 0 radical (unpaired) electrons. The van der Waals surface area contributed by atoms with Crippen LogP contribution in [0.2, 0.25) is 0 Å². The summed E-state index contributed by atoms with van der Waals surface area (Å²) >= 11 is 0. The van der Waals surface area contributed by atoms with Gasteiger partial charge in [-0.05, 0) is 64.2 Å². The van der Waals surface area contributed by atoms with E-state index in [9.17, 15) is 19.2 Å². The van der Waals surface area contributed by atoms with Gasteiger partial charge in [-0.15, -0.1) is 0 Å². The van der Waals surface area contributed by atoms with Crippen molar-refractivity contribution in [3.8, 4) is 0 Å². The maximum atomic E-state index is 12.7. The van der Waals surface area contributed by atoms with Crippen LogP contribution in [-0.4, -0.2) is 46.3 Å². The minimum absolute atomic E-state index is 0.0285. The molecule has 0 aromatic carbocycles. The fourth-order valence-electron chi connectivity index (χ4n) is 5.61. The fourth-order valence-corrected chi connectivity index (χ4v) is 5.61. The van der Waals surface area contributed by atoms with E-state index in [1.54, 1.807) is 0 Å². The molecule has 1 unspecified atom stereocenters. The normalized spacial score (nSPS) is 12.8. The lowest BCUT2D eigenvalue weighted by Crippen LogP contribution is -2.21. The third-order valence-electron chi connectivity index (χ3n) is 8.54. The summed E-state index contributed by atoms with van der Waals surface area (Å²) in [6.07, 6.45) is 32.3. The highest BCUT2D eigenvalue weighted by atomic mass is 16.6. The van der Waals surface area contributed by atoms with Gasteiger partial charge in [0.1, 0.15) is 12.2 Å². The number of carbonyl (C=O) groups is 4. The maximum absolute atomic E-state index is 12.7. The van der Waals surface area contributed by atoms with Crippen molar-refractivity contribution in [2.24, 2.45) is 0 Å². The van der Waals surface area contributed by atoms with Crippen LogP contribution in [0.1, 0.15) is 194 Å². The first kappa shape index (κ1) is 45.4. The number of carboxylic acid groups (broad SMARTS) is 2. The van der Waals surface area contributed by atoms with E-state index in [2.05, 4.69) is 38.2 Å². The summed E-state index contributed by atoms with van der Waals surface area (Å²) in [5.41, 5.74) is 0. The van der Waals surface area contributed by atoms with Gasteiger partial charge in [-0.25, -0.2) is 0 Å². The van der Waals surface area contributed by atoms with Gasteiger partial charge < -0.3 is 19.7 Å². The second-order valence-corrected chi connectivity index (χ2v) is 13.2. The molecule has 48 heavy (non-hydrogen) atoms. The number of carboxylic acids is 2. The number of hydrogen-bond acceptors (Lipinski definition) is 6. The van der Waals surface area contributed by atoms with E-state index in [4.69, 9.17) is 19.7 Å². The van der Waals surface area contributed by atoms with E-state index in [1.807, 2.05) is 0 Å². The quantitative estimate of drug-likeness (QED) is 0.0385. The molecule has 0 saturated heterocycles. The molecule has 0 amide bonds. The summed E-state index contributed by atoms with van der Waals surface area (Å²) < 4.78 is 11.7. The third kappa shape index (κ3) is 33.3. The van der Waals surface area contributed by atoms with Crippen LogP contribution in [0.5, 0.6) is 0 Å². The monoisotopic (exact) mass is 679 g/mol. The van der Waals surface area contributed by atoms with Crippen molar-refractivity contribution in [1.29, 1.82) is 0 Å². The molecular weight excluding hydrogens is 608 g/mol. The Hall–Kier alpha value is -2.64. The van der Waals surface area contributed by atoms with Gasteiger partial charge in [-0.3, -0.25) is 19.2 Å². The van der Waals surface area contributed by atoms with Crippen molar-refractivity contribution in [3.63, 3.8) is 0 Å². The predicted octanol–water partition coefficient (Wildman–Crippen LogP) is 11.1. The molecule has 8 heteroatoms. The van der Waals surface area contributed by atoms with Crippen molar-refractivity contribution in [2.75, 3.05) is 0 Å². The minimum Gasteiger partial charge on any atom is -0.481 e. The molecule has 0 aliphatic heterocycles. The number of rotatable bonds is 35. The number of allylic oxidation sites excluding steroid dienone is 2. The van der Waals surface area contributed by atoms with E-state index in [0.717, 1.165) is 128 Å². The van der Waals surface area contributed by atoms with Gasteiger partial charge in [-0.1, -0.05) is 115 Å². The number of esters is 2. The zero-order valence-electron chi connectivity index (χ0n) is 30.6. The smallest absolute Gasteiger partial charge is 0.306 e. The highest BCUT2D eigenvalue weighted by molar-refractivity contribution is 5.77. The summed E-state index contributed by atoms with van der Waals surface area (Å²) in [5.74, 6) is -2.14. The van der Waals surface area contributed by atoms with Gasteiger partial charge in [0.15, 0.2) is 0 Å². The molecule has 0 aromatic rings. The third-order valence-corrected chi connectivity index (χ3v) is 8.54. The number of hydrogen-bond donors (Lipinski definition) is 2. The van der Waals surface area contributed by atoms with Crippen LogP contribution < -0.4 is 0 Å². The molecule has 2 atom stereocenters. The highest BCUT2D eigenvalue weighted by Gasteiger charge is 2.18. The molecule has 0 heterocycles. The Kier molecular flexibility index (Phi) is 32.3. The summed E-state index contributed by atoms with van der Waals surface area (Å²) in [6.45, 7) is 4.35. The van der Waals surface area contributed by atoms with Gasteiger partial charge in [0.05, 0.1) is 12.8 Å². The van der Waals surface area contributed by atoms with Gasteiger partial charge >= 0.3 is 23.9 Å². The Morgan fingerprint density at radius 1 is 0.458 bits per heavy atom. The molecule has 0 spiro atoms. The van der Waals surface area contributed by atoms with Crippen molar-refractivity contribution >= 4 is 23.9 Å². The van der Waals surface area contributed by atoms with Crippen molar-refractivity contribution in [3.05, 3.63) is 24.3 Å². The Balaban J connectivity index is 4.60. The highest BCUT2D eigenvalue weighted by Crippen LogP contribution is 2.17. The van der Waals surface area contributed by atoms with E-state index in [1.165, 1.54) is 12.8 Å². The van der Waals surface area contributed by atoms with Crippen LogP contribution in [0, 0.1) is 0 Å². The molecule has 8 nitrogen and oxygen atoms in total. The summed E-state index contributed by atoms with van der Waals surface area (Å²) in [5, 5.41) is 17.4. The second kappa shape index (κ2) is 34.2. The van der Waals surface area contributed by atoms with Crippen LogP contribution in [0.15, 0.2) is 24.3 Å². The number of aliphatic carboxylic acids is 2. The minimum atomic E-state index is -0.726. The average Bonchev–Trinajstić information content (AvgIpc) is 3.05. The number of ether oxygens (including phenoxy) is 2. The largest absolute Gasteiger partial charge is 0.481 e. The van der Waals surface area contributed by atoms with E-state index >= 15 is 0 Å². The molecule has 0 aliphatic rings. The molecule has 2 N–H and O–H groups in total. The maximum Gasteiger partial charge on any atom is 0.306 e. The van der Waals surface area contributed by atoms with Crippen molar-refractivity contribution in [2.45, 2.75) is 206 Å². The zero-order chi connectivity index (χ0) is 35.5. The first-order valence-electron chi connectivity index (χ1n) is 19.4. The zero-order valence-corrected chi connectivity index (χ0v) is 30.6. The van der Waals surface area contributed by atoms with Crippen molar-refractivity contribution in [1.82, 2.24) is 0 Å². The lowest BCUT2D eigenvalue weighted by Gasteiger charge is -2.18. The summed E-state index contributed by atoms with van der Waals surface area (Å²) in [7, 11) is 0. The summed E-state index contributed by atoms with van der Waals surface area (Å²) in [6, 6.07) is 0. The van der Waals surface area contributed by atoms with Crippen LogP contribution in [0.4, 0.5) is 0 Å². The van der Waals surface area contributed by atoms with Crippen LogP contribution in [-0.2, 0) is 28.7 Å². The van der Waals surface area contributed by atoms with Gasteiger partial charge in [0.2, 0.25) is 0 Å². The molecule has 0 aromatic heterocycles. The topological polar surface area (TPSA) is 127 Å². The van der Waals surface area contributed by atoms with Gasteiger partial charge in [0, 0.05) is 25.7 Å². The molecule has 0 bridgehead atoms. The van der Waals surface area contributed by atoms with Crippen LogP contribution in [0.25, 0.3) is 0 Å². The van der Waals surface area contributed by atoms with E-state index < -0.39 is 11.9 Å². The molecular formula is C40H70O8. The van der Waals surface area contributed by atoms with E-state index in [-0.39, 0.29) is 49.8 Å². The predicted molar refractivity (Wildman–Crippen MR) is 194 cm³/mol. The van der Waals surface area contributed by atoms with Crippen molar-refractivity contribution < 1.29 is 38.9 Å². The molecule has 0 saturated carbocycles. The first-order chi connectivity index (χ1) is 23.3. The van der Waals surface area contributed by atoms with Crippen LogP contribution in [0.3, 0.4) is 0 Å². The van der Waals surface area contributed by atoms with E-state index in [0.29, 0.717) is 12.8 Å². The lowest BCUT2D eigenvalue weighted by atomic mass is 10.1. The Morgan fingerprint density at radius 3 is 1.19 bits per heavy atom. The lowest BCUT2D eigenvalue weighted by molar-refractivity contribution is -0.156. The molecule has 0 rings (SSSR count). The Labute approximate surface area is 292 Å². The molecule has 0 aliphatic carbocycles. The Morgan fingerprint density at radius 2 is 0.812 bits per heavy atom.